The lowest BCUT2D eigenvalue weighted by Crippen LogP contribution is -2.29. The second-order valence-electron chi connectivity index (χ2n) is 7.77. The normalized spacial score (nSPS) is 12.3. The summed E-state index contributed by atoms with van der Waals surface area (Å²) in [4.78, 5) is 24.4. The molecular formula is C24H19F3N4O3S. The predicted octanol–water partition coefficient (Wildman–Crippen LogP) is 5.26. The first-order valence-corrected chi connectivity index (χ1v) is 11.3. The van der Waals surface area contributed by atoms with E-state index in [-0.39, 0.29) is 17.8 Å². The van der Waals surface area contributed by atoms with Gasteiger partial charge in [-0.05, 0) is 53.8 Å². The summed E-state index contributed by atoms with van der Waals surface area (Å²) in [6.45, 7) is 1.79. The minimum atomic E-state index is -4.44. The molecular weight excluding hydrogens is 481 g/mol. The van der Waals surface area contributed by atoms with Gasteiger partial charge in [-0.3, -0.25) is 4.79 Å². The topological polar surface area (TPSA) is 97.1 Å². The Hall–Kier alpha value is -3.99. The number of rotatable bonds is 7. The Morgan fingerprint density at radius 3 is 2.34 bits per heavy atom. The van der Waals surface area contributed by atoms with Crippen LogP contribution in [-0.4, -0.2) is 32.0 Å². The van der Waals surface area contributed by atoms with Crippen molar-refractivity contribution in [3.05, 3.63) is 93.3 Å². The zero-order valence-corrected chi connectivity index (χ0v) is 19.1. The number of hydrogen-bond acceptors (Lipinski definition) is 5. The fourth-order valence-corrected chi connectivity index (χ4v) is 4.12. The predicted molar refractivity (Wildman–Crippen MR) is 123 cm³/mol. The van der Waals surface area contributed by atoms with Crippen molar-refractivity contribution in [1.82, 2.24) is 20.3 Å². The third-order valence-electron chi connectivity index (χ3n) is 5.36. The Morgan fingerprint density at radius 1 is 1.09 bits per heavy atom. The molecule has 180 valence electrons. The van der Waals surface area contributed by atoms with Crippen molar-refractivity contribution in [2.24, 2.45) is 0 Å². The zero-order chi connectivity index (χ0) is 25.2. The number of nitrogens with one attached hydrogen (secondary N) is 1. The number of alkyl halides is 3. The molecule has 1 unspecified atom stereocenters. The van der Waals surface area contributed by atoms with Crippen LogP contribution in [0.1, 0.15) is 50.5 Å². The number of thiophene rings is 1. The first-order chi connectivity index (χ1) is 16.6. The molecule has 1 atom stereocenters. The lowest BCUT2D eigenvalue weighted by atomic mass is 10.1. The first kappa shape index (κ1) is 24.1. The molecule has 7 nitrogen and oxygen atoms in total. The highest BCUT2D eigenvalue weighted by Gasteiger charge is 2.30. The number of amides is 1. The molecule has 11 heteroatoms. The van der Waals surface area contributed by atoms with Crippen molar-refractivity contribution in [2.45, 2.75) is 25.7 Å². The van der Waals surface area contributed by atoms with Crippen molar-refractivity contribution >= 4 is 23.2 Å². The number of carbonyl (C=O) groups is 2. The van der Waals surface area contributed by atoms with Crippen LogP contribution in [0, 0.1) is 0 Å². The smallest absolute Gasteiger partial charge is 0.416 e. The molecule has 35 heavy (non-hydrogen) atoms. The van der Waals surface area contributed by atoms with E-state index in [4.69, 9.17) is 5.11 Å². The van der Waals surface area contributed by atoms with E-state index in [1.807, 2.05) is 10.8 Å². The van der Waals surface area contributed by atoms with Crippen LogP contribution in [-0.2, 0) is 12.7 Å². The highest BCUT2D eigenvalue weighted by atomic mass is 32.1. The molecule has 0 aliphatic carbocycles. The Bertz CT molecular complexity index is 1330. The third kappa shape index (κ3) is 5.40. The molecule has 2 N–H and O–H groups in total. The maximum atomic E-state index is 13.3. The second-order valence-corrected chi connectivity index (χ2v) is 8.55. The van der Waals surface area contributed by atoms with Gasteiger partial charge in [-0.2, -0.15) is 24.5 Å². The van der Waals surface area contributed by atoms with Crippen LogP contribution in [0.25, 0.3) is 11.3 Å². The van der Waals surface area contributed by atoms with Crippen LogP contribution in [0.2, 0.25) is 0 Å². The molecule has 2 aromatic heterocycles. The molecule has 0 aliphatic rings. The summed E-state index contributed by atoms with van der Waals surface area (Å²) < 4.78 is 40.0. The zero-order valence-electron chi connectivity index (χ0n) is 18.3. The van der Waals surface area contributed by atoms with Crippen molar-refractivity contribution in [3.8, 4) is 11.3 Å². The molecule has 4 rings (SSSR count). The van der Waals surface area contributed by atoms with Gasteiger partial charge < -0.3 is 10.4 Å². The van der Waals surface area contributed by atoms with E-state index >= 15 is 0 Å². The summed E-state index contributed by atoms with van der Waals surface area (Å²) in [6, 6.07) is 12.1. The molecule has 0 saturated carbocycles. The van der Waals surface area contributed by atoms with E-state index in [2.05, 4.69) is 15.6 Å². The van der Waals surface area contributed by atoms with E-state index in [1.165, 1.54) is 40.3 Å². The lowest BCUT2D eigenvalue weighted by molar-refractivity contribution is -0.137. The van der Waals surface area contributed by atoms with E-state index < -0.39 is 29.7 Å². The van der Waals surface area contributed by atoms with Gasteiger partial charge in [-0.1, -0.05) is 29.5 Å². The van der Waals surface area contributed by atoms with Crippen molar-refractivity contribution < 1.29 is 27.9 Å². The SMILES string of the molecule is CC(NC(=O)c1c(-c2ccsc2)nnn1Cc1ccc(C(F)(F)F)cc1)c1ccc(C(=O)O)cc1. The lowest BCUT2D eigenvalue weighted by Gasteiger charge is -2.16. The Kier molecular flexibility index (Phi) is 6.70. The molecule has 2 heterocycles. The van der Waals surface area contributed by atoms with Crippen LogP contribution < -0.4 is 5.32 Å². The maximum Gasteiger partial charge on any atom is 0.416 e. The van der Waals surface area contributed by atoms with Gasteiger partial charge in [0.25, 0.3) is 5.91 Å². The Labute approximate surface area is 201 Å². The fourth-order valence-electron chi connectivity index (χ4n) is 3.48. The van der Waals surface area contributed by atoms with Gasteiger partial charge >= 0.3 is 12.1 Å². The highest BCUT2D eigenvalue weighted by molar-refractivity contribution is 7.08. The maximum absolute atomic E-state index is 13.3. The van der Waals surface area contributed by atoms with Crippen molar-refractivity contribution in [1.29, 1.82) is 0 Å². The summed E-state index contributed by atoms with van der Waals surface area (Å²) in [6.07, 6.45) is -4.44. The molecule has 1 amide bonds. The van der Waals surface area contributed by atoms with E-state index in [0.717, 1.165) is 12.1 Å². The number of halogens is 3. The van der Waals surface area contributed by atoms with Crippen LogP contribution in [0.5, 0.6) is 0 Å². The average molecular weight is 501 g/mol. The number of aromatic nitrogens is 3. The van der Waals surface area contributed by atoms with Crippen molar-refractivity contribution in [3.63, 3.8) is 0 Å². The Morgan fingerprint density at radius 2 is 1.77 bits per heavy atom. The van der Waals surface area contributed by atoms with Gasteiger partial charge in [-0.25, -0.2) is 9.48 Å². The number of nitrogens with zero attached hydrogens (tertiary/aromatic N) is 3. The third-order valence-corrected chi connectivity index (χ3v) is 6.05. The van der Waals surface area contributed by atoms with Gasteiger partial charge in [0.15, 0.2) is 5.69 Å². The quantitative estimate of drug-likeness (QED) is 0.361. The number of carboxylic acids is 1. The van der Waals surface area contributed by atoms with Crippen LogP contribution >= 0.6 is 11.3 Å². The minimum Gasteiger partial charge on any atom is -0.478 e. The number of hydrogen-bond donors (Lipinski definition) is 2. The first-order valence-electron chi connectivity index (χ1n) is 10.4. The van der Waals surface area contributed by atoms with Gasteiger partial charge in [0.1, 0.15) is 5.69 Å². The molecule has 0 saturated heterocycles. The highest BCUT2D eigenvalue weighted by Crippen LogP contribution is 2.30. The monoisotopic (exact) mass is 500 g/mol. The number of aromatic carboxylic acids is 1. The van der Waals surface area contributed by atoms with Gasteiger partial charge in [0.05, 0.1) is 23.7 Å². The standard InChI is InChI=1S/C24H19F3N4O3S/c1-14(16-4-6-17(7-5-16)23(33)34)28-22(32)21-20(18-10-11-35-13-18)29-30-31(21)12-15-2-8-19(9-3-15)24(25,26)27/h2-11,13-14H,12H2,1H3,(H,28,32)(H,33,34). The number of carbonyl (C=O) groups excluding carboxylic acids is 1. The molecule has 0 aliphatic heterocycles. The van der Waals surface area contributed by atoms with Gasteiger partial charge in [-0.15, -0.1) is 5.10 Å². The number of benzene rings is 2. The summed E-state index contributed by atoms with van der Waals surface area (Å²) in [7, 11) is 0. The molecule has 0 bridgehead atoms. The average Bonchev–Trinajstić information content (AvgIpc) is 3.49. The van der Waals surface area contributed by atoms with Crippen molar-refractivity contribution in [2.75, 3.05) is 0 Å². The molecule has 0 spiro atoms. The largest absolute Gasteiger partial charge is 0.478 e. The Balaban J connectivity index is 1.61. The fraction of sp³-hybridized carbons (Fsp3) is 0.167. The van der Waals surface area contributed by atoms with Crippen LogP contribution in [0.3, 0.4) is 0 Å². The van der Waals surface area contributed by atoms with Crippen LogP contribution in [0.4, 0.5) is 13.2 Å². The van der Waals surface area contributed by atoms with Gasteiger partial charge in [0.2, 0.25) is 0 Å². The van der Waals surface area contributed by atoms with Gasteiger partial charge in [0, 0.05) is 10.9 Å². The van der Waals surface area contributed by atoms with Crippen LogP contribution in [0.15, 0.2) is 65.4 Å². The summed E-state index contributed by atoms with van der Waals surface area (Å²) in [5, 5.41) is 23.8. The van der Waals surface area contributed by atoms with E-state index in [1.54, 1.807) is 25.1 Å². The van der Waals surface area contributed by atoms with E-state index in [9.17, 15) is 22.8 Å². The minimum absolute atomic E-state index is 0.0414. The molecule has 0 fully saturated rings. The molecule has 4 aromatic rings. The summed E-state index contributed by atoms with van der Waals surface area (Å²) >= 11 is 1.42. The molecule has 2 aromatic carbocycles. The summed E-state index contributed by atoms with van der Waals surface area (Å²) in [5.41, 5.74) is 1.79. The molecule has 0 radical (unpaired) electrons. The van der Waals surface area contributed by atoms with E-state index in [0.29, 0.717) is 22.4 Å². The summed E-state index contributed by atoms with van der Waals surface area (Å²) in [5.74, 6) is -1.52. The number of carboxylic acid groups (broad SMARTS) is 1. The second kappa shape index (κ2) is 9.71.